The van der Waals surface area contributed by atoms with Crippen LogP contribution >= 0.6 is 0 Å². The van der Waals surface area contributed by atoms with E-state index >= 15 is 0 Å². The van der Waals surface area contributed by atoms with Crippen molar-refractivity contribution < 1.29 is 4.74 Å². The van der Waals surface area contributed by atoms with Crippen molar-refractivity contribution in [1.29, 1.82) is 0 Å². The Bertz CT molecular complexity index is 309. The summed E-state index contributed by atoms with van der Waals surface area (Å²) in [7, 11) is 1.71. The van der Waals surface area contributed by atoms with E-state index in [4.69, 9.17) is 10.5 Å². The van der Waals surface area contributed by atoms with Gasteiger partial charge in [0.25, 0.3) is 0 Å². The SMILES string of the molecule is COCCC(N)c1cccc(CC(C)C)c1. The van der Waals surface area contributed by atoms with E-state index in [1.165, 1.54) is 11.1 Å². The van der Waals surface area contributed by atoms with Crippen LogP contribution < -0.4 is 5.73 Å². The van der Waals surface area contributed by atoms with E-state index in [0.29, 0.717) is 5.92 Å². The van der Waals surface area contributed by atoms with Crippen molar-refractivity contribution >= 4 is 0 Å². The van der Waals surface area contributed by atoms with Crippen LogP contribution in [0.3, 0.4) is 0 Å². The molecule has 0 heterocycles. The van der Waals surface area contributed by atoms with Crippen LogP contribution in [0.5, 0.6) is 0 Å². The van der Waals surface area contributed by atoms with Crippen LogP contribution in [0.25, 0.3) is 0 Å². The second kappa shape index (κ2) is 6.66. The van der Waals surface area contributed by atoms with E-state index in [1.54, 1.807) is 7.11 Å². The van der Waals surface area contributed by atoms with Crippen molar-refractivity contribution in [3.8, 4) is 0 Å². The molecular weight excluding hydrogens is 198 g/mol. The molecule has 1 rings (SSSR count). The number of ether oxygens (including phenoxy) is 1. The lowest BCUT2D eigenvalue weighted by molar-refractivity contribution is 0.188. The van der Waals surface area contributed by atoms with Gasteiger partial charge < -0.3 is 10.5 Å². The van der Waals surface area contributed by atoms with E-state index in [2.05, 4.69) is 38.1 Å². The summed E-state index contributed by atoms with van der Waals surface area (Å²) in [4.78, 5) is 0. The molecule has 0 aliphatic heterocycles. The van der Waals surface area contributed by atoms with Crippen molar-refractivity contribution in [3.63, 3.8) is 0 Å². The lowest BCUT2D eigenvalue weighted by Crippen LogP contribution is -2.13. The van der Waals surface area contributed by atoms with E-state index < -0.39 is 0 Å². The average Bonchev–Trinajstić information content (AvgIpc) is 2.25. The third-order valence-corrected chi connectivity index (χ3v) is 2.66. The minimum Gasteiger partial charge on any atom is -0.385 e. The van der Waals surface area contributed by atoms with Crippen molar-refractivity contribution in [1.82, 2.24) is 0 Å². The summed E-state index contributed by atoms with van der Waals surface area (Å²) in [5, 5.41) is 0. The van der Waals surface area contributed by atoms with Crippen molar-refractivity contribution in [3.05, 3.63) is 35.4 Å². The molecule has 2 heteroatoms. The third kappa shape index (κ3) is 4.33. The first kappa shape index (κ1) is 13.2. The third-order valence-electron chi connectivity index (χ3n) is 2.66. The fraction of sp³-hybridized carbons (Fsp3) is 0.571. The van der Waals surface area contributed by atoms with Gasteiger partial charge in [-0.25, -0.2) is 0 Å². The first-order valence-electron chi connectivity index (χ1n) is 5.97. The molecule has 0 aliphatic carbocycles. The normalized spacial score (nSPS) is 13.1. The Hall–Kier alpha value is -0.860. The fourth-order valence-corrected chi connectivity index (χ4v) is 1.83. The molecule has 2 nitrogen and oxygen atoms in total. The van der Waals surface area contributed by atoms with Gasteiger partial charge in [0.05, 0.1) is 0 Å². The molecule has 90 valence electrons. The summed E-state index contributed by atoms with van der Waals surface area (Å²) < 4.78 is 5.05. The molecule has 0 amide bonds. The summed E-state index contributed by atoms with van der Waals surface area (Å²) in [5.41, 5.74) is 8.69. The Kier molecular flexibility index (Phi) is 5.50. The summed E-state index contributed by atoms with van der Waals surface area (Å²) in [5.74, 6) is 0.686. The second-order valence-electron chi connectivity index (χ2n) is 4.73. The maximum atomic E-state index is 6.10. The number of nitrogens with two attached hydrogens (primary N) is 1. The molecule has 0 aromatic heterocycles. The summed E-state index contributed by atoms with van der Waals surface area (Å²) in [6, 6.07) is 8.68. The van der Waals surface area contributed by atoms with Crippen LogP contribution in [-0.4, -0.2) is 13.7 Å². The Labute approximate surface area is 98.8 Å². The first-order valence-corrected chi connectivity index (χ1v) is 5.97. The Morgan fingerprint density at radius 3 is 2.69 bits per heavy atom. The molecule has 1 aromatic rings. The van der Waals surface area contributed by atoms with Crippen LogP contribution in [0.15, 0.2) is 24.3 Å². The van der Waals surface area contributed by atoms with Gasteiger partial charge in [0.2, 0.25) is 0 Å². The minimum atomic E-state index is 0.0899. The van der Waals surface area contributed by atoms with Gasteiger partial charge in [-0.05, 0) is 29.9 Å². The second-order valence-corrected chi connectivity index (χ2v) is 4.73. The topological polar surface area (TPSA) is 35.2 Å². The van der Waals surface area contributed by atoms with Gasteiger partial charge in [0, 0.05) is 19.8 Å². The molecule has 16 heavy (non-hydrogen) atoms. The van der Waals surface area contributed by atoms with E-state index in [-0.39, 0.29) is 6.04 Å². The van der Waals surface area contributed by atoms with E-state index in [1.807, 2.05) is 0 Å². The minimum absolute atomic E-state index is 0.0899. The van der Waals surface area contributed by atoms with Crippen molar-refractivity contribution in [2.24, 2.45) is 11.7 Å². The van der Waals surface area contributed by atoms with Crippen LogP contribution in [0.1, 0.15) is 37.4 Å². The zero-order valence-electron chi connectivity index (χ0n) is 10.6. The number of hydrogen-bond donors (Lipinski definition) is 1. The maximum Gasteiger partial charge on any atom is 0.0480 e. The Morgan fingerprint density at radius 1 is 1.31 bits per heavy atom. The van der Waals surface area contributed by atoms with E-state index in [9.17, 15) is 0 Å². The predicted octanol–water partition coefficient (Wildman–Crippen LogP) is 2.92. The highest BCUT2D eigenvalue weighted by Gasteiger charge is 2.06. The van der Waals surface area contributed by atoms with Crippen molar-refractivity contribution in [2.45, 2.75) is 32.7 Å². The van der Waals surface area contributed by atoms with Gasteiger partial charge in [0.15, 0.2) is 0 Å². The molecule has 0 fully saturated rings. The lowest BCUT2D eigenvalue weighted by atomic mass is 9.97. The molecule has 0 bridgehead atoms. The van der Waals surface area contributed by atoms with Crippen LogP contribution in [0, 0.1) is 5.92 Å². The fourth-order valence-electron chi connectivity index (χ4n) is 1.83. The number of rotatable bonds is 6. The molecular formula is C14H23NO. The molecule has 0 spiro atoms. The van der Waals surface area contributed by atoms with Crippen LogP contribution in [0.2, 0.25) is 0 Å². The average molecular weight is 221 g/mol. The number of methoxy groups -OCH3 is 1. The van der Waals surface area contributed by atoms with Gasteiger partial charge in [-0.3, -0.25) is 0 Å². The molecule has 1 unspecified atom stereocenters. The summed E-state index contributed by atoms with van der Waals surface area (Å²) >= 11 is 0. The molecule has 1 aromatic carbocycles. The quantitative estimate of drug-likeness (QED) is 0.801. The van der Waals surface area contributed by atoms with Gasteiger partial charge in [-0.1, -0.05) is 38.1 Å². The lowest BCUT2D eigenvalue weighted by Gasteiger charge is -2.13. The van der Waals surface area contributed by atoms with Crippen LogP contribution in [-0.2, 0) is 11.2 Å². The molecule has 0 saturated heterocycles. The van der Waals surface area contributed by atoms with Gasteiger partial charge in [-0.15, -0.1) is 0 Å². The zero-order valence-corrected chi connectivity index (χ0v) is 10.6. The molecule has 0 saturated carbocycles. The van der Waals surface area contributed by atoms with Gasteiger partial charge >= 0.3 is 0 Å². The molecule has 2 N–H and O–H groups in total. The molecule has 1 atom stereocenters. The van der Waals surface area contributed by atoms with Gasteiger partial charge in [-0.2, -0.15) is 0 Å². The standard InChI is InChI=1S/C14H23NO/c1-11(2)9-12-5-4-6-13(10-12)14(15)7-8-16-3/h4-6,10-11,14H,7-9,15H2,1-3H3. The molecule has 0 aliphatic rings. The summed E-state index contributed by atoms with van der Waals surface area (Å²) in [6.07, 6.45) is 1.99. The number of benzene rings is 1. The van der Waals surface area contributed by atoms with Gasteiger partial charge in [0.1, 0.15) is 0 Å². The highest BCUT2D eigenvalue weighted by atomic mass is 16.5. The zero-order chi connectivity index (χ0) is 12.0. The monoisotopic (exact) mass is 221 g/mol. The maximum absolute atomic E-state index is 6.10. The van der Waals surface area contributed by atoms with E-state index in [0.717, 1.165) is 19.4 Å². The number of hydrogen-bond acceptors (Lipinski definition) is 2. The highest BCUT2D eigenvalue weighted by Crippen LogP contribution is 2.17. The van der Waals surface area contributed by atoms with Crippen LogP contribution in [0.4, 0.5) is 0 Å². The highest BCUT2D eigenvalue weighted by molar-refractivity contribution is 5.26. The summed E-state index contributed by atoms with van der Waals surface area (Å²) in [6.45, 7) is 5.19. The first-order chi connectivity index (χ1) is 7.63. The van der Waals surface area contributed by atoms with Crippen molar-refractivity contribution in [2.75, 3.05) is 13.7 Å². The Morgan fingerprint density at radius 2 is 2.06 bits per heavy atom. The largest absolute Gasteiger partial charge is 0.385 e. The Balaban J connectivity index is 2.65. The smallest absolute Gasteiger partial charge is 0.0480 e. The predicted molar refractivity (Wildman–Crippen MR) is 68.4 cm³/mol. The molecule has 0 radical (unpaired) electrons.